The molecule has 0 aromatic carbocycles. The first-order valence-electron chi connectivity index (χ1n) is 15.2. The smallest absolute Gasteiger partial charge is 0.00891 e. The molecule has 0 fully saturated rings. The zero-order valence-electron chi connectivity index (χ0n) is 23.6. The van der Waals surface area contributed by atoms with Crippen LogP contribution in [0.15, 0.2) is 24.3 Å². The molecule has 0 saturated carbocycles. The second kappa shape index (κ2) is 27.7. The minimum Gasteiger partial charge on any atom is -0.306 e. The van der Waals surface area contributed by atoms with Crippen molar-refractivity contribution in [3.05, 3.63) is 24.3 Å². The molecule has 0 rings (SSSR count). The van der Waals surface area contributed by atoms with Crippen molar-refractivity contribution in [1.29, 1.82) is 0 Å². The van der Waals surface area contributed by atoms with Gasteiger partial charge < -0.3 is 4.90 Å². The first-order chi connectivity index (χ1) is 16.2. The normalized spacial score (nSPS) is 13.1. The molecule has 1 unspecified atom stereocenters. The van der Waals surface area contributed by atoms with E-state index in [0.29, 0.717) is 0 Å². The number of hydrogen-bond donors (Lipinski definition) is 0. The highest BCUT2D eigenvalue weighted by molar-refractivity contribution is 4.92. The molecule has 33 heavy (non-hydrogen) atoms. The molecule has 0 heterocycles. The van der Waals surface area contributed by atoms with Gasteiger partial charge in [0.05, 0.1) is 0 Å². The molecule has 0 bridgehead atoms. The van der Waals surface area contributed by atoms with Crippen LogP contribution in [0.3, 0.4) is 0 Å². The van der Waals surface area contributed by atoms with E-state index in [0.717, 1.165) is 12.5 Å². The molecule has 0 radical (unpaired) electrons. The third-order valence-electron chi connectivity index (χ3n) is 7.11. The monoisotopic (exact) mass is 461 g/mol. The lowest BCUT2D eigenvalue weighted by Gasteiger charge is -2.24. The van der Waals surface area contributed by atoms with E-state index in [2.05, 4.69) is 57.1 Å². The van der Waals surface area contributed by atoms with Gasteiger partial charge in [-0.3, -0.25) is 0 Å². The maximum absolute atomic E-state index is 2.48. The van der Waals surface area contributed by atoms with E-state index >= 15 is 0 Å². The minimum atomic E-state index is 0.812. The molecule has 0 spiro atoms. The third kappa shape index (κ3) is 25.9. The van der Waals surface area contributed by atoms with Crippen molar-refractivity contribution >= 4 is 0 Å². The summed E-state index contributed by atoms with van der Waals surface area (Å²) in [6.45, 7) is 4.57. The fourth-order valence-corrected chi connectivity index (χ4v) is 4.72. The number of unbranched alkanes of at least 4 members (excludes halogenated alkanes) is 17. The van der Waals surface area contributed by atoms with Gasteiger partial charge in [-0.25, -0.2) is 0 Å². The molecular formula is C32H63N. The summed E-state index contributed by atoms with van der Waals surface area (Å²) in [5.41, 5.74) is 0. The van der Waals surface area contributed by atoms with Crippen molar-refractivity contribution in [3.63, 3.8) is 0 Å². The summed E-state index contributed by atoms with van der Waals surface area (Å²) in [4.78, 5) is 2.48. The van der Waals surface area contributed by atoms with Gasteiger partial charge in [0.25, 0.3) is 0 Å². The molecule has 0 aliphatic rings. The topological polar surface area (TPSA) is 3.24 Å². The van der Waals surface area contributed by atoms with Crippen molar-refractivity contribution in [2.24, 2.45) is 0 Å². The maximum Gasteiger partial charge on any atom is 0.00891 e. The van der Waals surface area contributed by atoms with E-state index in [-0.39, 0.29) is 0 Å². The van der Waals surface area contributed by atoms with Crippen LogP contribution in [0.2, 0.25) is 0 Å². The van der Waals surface area contributed by atoms with Gasteiger partial charge in [-0.05, 0) is 59.0 Å². The van der Waals surface area contributed by atoms with Crippen LogP contribution in [0, 0.1) is 0 Å². The fraction of sp³-hybridized carbons (Fsp3) is 0.875. The molecule has 0 aromatic rings. The molecule has 1 nitrogen and oxygen atoms in total. The van der Waals surface area contributed by atoms with E-state index in [1.165, 1.54) is 141 Å². The van der Waals surface area contributed by atoms with Gasteiger partial charge in [0, 0.05) is 6.04 Å². The summed E-state index contributed by atoms with van der Waals surface area (Å²) in [5.74, 6) is 0. The average Bonchev–Trinajstić information content (AvgIpc) is 2.81. The van der Waals surface area contributed by atoms with Crippen molar-refractivity contribution in [3.8, 4) is 0 Å². The first-order valence-corrected chi connectivity index (χ1v) is 15.2. The molecule has 0 aliphatic carbocycles. The lowest BCUT2D eigenvalue weighted by atomic mass is 9.99. The highest BCUT2D eigenvalue weighted by Gasteiger charge is 2.10. The van der Waals surface area contributed by atoms with Crippen LogP contribution in [0.5, 0.6) is 0 Å². The molecule has 0 saturated heterocycles. The van der Waals surface area contributed by atoms with E-state index < -0.39 is 0 Å². The number of hydrogen-bond acceptors (Lipinski definition) is 1. The van der Waals surface area contributed by atoms with E-state index in [4.69, 9.17) is 0 Å². The number of allylic oxidation sites excluding steroid dienone is 4. The van der Waals surface area contributed by atoms with E-state index in [1.807, 2.05) is 0 Å². The standard InChI is InChI=1S/C32H63N/c1-5-7-9-11-13-14-15-16-17-18-19-20-21-22-23-24-25-27-29-31-32(33(3)4)30-28-26-12-10-8-6-2/h13-14,16-17,32H,5-12,15,18-31H2,1-4H3/b14-13-,17-16+. The lowest BCUT2D eigenvalue weighted by Crippen LogP contribution is -2.27. The largest absolute Gasteiger partial charge is 0.306 e. The van der Waals surface area contributed by atoms with Gasteiger partial charge in [-0.15, -0.1) is 0 Å². The first kappa shape index (κ1) is 32.4. The third-order valence-corrected chi connectivity index (χ3v) is 7.11. The summed E-state index contributed by atoms with van der Waals surface area (Å²) in [5, 5.41) is 0. The molecular weight excluding hydrogens is 398 g/mol. The van der Waals surface area contributed by atoms with E-state index in [9.17, 15) is 0 Å². The summed E-state index contributed by atoms with van der Waals surface area (Å²) < 4.78 is 0. The van der Waals surface area contributed by atoms with Gasteiger partial charge in [0.2, 0.25) is 0 Å². The molecule has 196 valence electrons. The minimum absolute atomic E-state index is 0.812. The van der Waals surface area contributed by atoms with Crippen LogP contribution in [0.25, 0.3) is 0 Å². The van der Waals surface area contributed by atoms with Crippen LogP contribution in [-0.4, -0.2) is 25.0 Å². The molecule has 0 aliphatic heterocycles. The van der Waals surface area contributed by atoms with Gasteiger partial charge >= 0.3 is 0 Å². The Morgan fingerprint density at radius 3 is 1.27 bits per heavy atom. The number of rotatable bonds is 26. The fourth-order valence-electron chi connectivity index (χ4n) is 4.72. The summed E-state index contributed by atoms with van der Waals surface area (Å²) in [6, 6.07) is 0.812. The zero-order chi connectivity index (χ0) is 24.2. The molecule has 0 amide bonds. The van der Waals surface area contributed by atoms with Crippen LogP contribution in [0.1, 0.15) is 162 Å². The molecule has 1 heteroatoms. The van der Waals surface area contributed by atoms with Crippen LogP contribution in [-0.2, 0) is 0 Å². The Bertz CT molecular complexity index is 409. The highest BCUT2D eigenvalue weighted by atomic mass is 15.1. The van der Waals surface area contributed by atoms with Crippen molar-refractivity contribution in [1.82, 2.24) is 4.90 Å². The van der Waals surface area contributed by atoms with Crippen LogP contribution < -0.4 is 0 Å². The van der Waals surface area contributed by atoms with E-state index in [1.54, 1.807) is 0 Å². The Morgan fingerprint density at radius 2 is 0.818 bits per heavy atom. The summed E-state index contributed by atoms with van der Waals surface area (Å²) >= 11 is 0. The second-order valence-electron chi connectivity index (χ2n) is 10.6. The SMILES string of the molecule is CCCCC/C=C\C/C=C/CCCCCCCCCCCC(CCCCCCCC)N(C)C. The Kier molecular flexibility index (Phi) is 27.2. The Hall–Kier alpha value is -0.560. The summed E-state index contributed by atoms with van der Waals surface area (Å²) in [7, 11) is 4.56. The van der Waals surface area contributed by atoms with Crippen LogP contribution in [0.4, 0.5) is 0 Å². The Balaban J connectivity index is 3.40. The zero-order valence-corrected chi connectivity index (χ0v) is 23.6. The predicted octanol–water partition coefficient (Wildman–Crippen LogP) is 11.0. The Labute approximate surface area is 210 Å². The quantitative estimate of drug-likeness (QED) is 0.0914. The number of nitrogens with zero attached hydrogens (tertiary/aromatic N) is 1. The summed E-state index contributed by atoms with van der Waals surface area (Å²) in [6.07, 6.45) is 41.4. The second-order valence-corrected chi connectivity index (χ2v) is 10.6. The van der Waals surface area contributed by atoms with Gasteiger partial charge in [0.1, 0.15) is 0 Å². The average molecular weight is 462 g/mol. The van der Waals surface area contributed by atoms with Crippen molar-refractivity contribution in [2.45, 2.75) is 168 Å². The van der Waals surface area contributed by atoms with Gasteiger partial charge in [-0.2, -0.15) is 0 Å². The Morgan fingerprint density at radius 1 is 0.455 bits per heavy atom. The van der Waals surface area contributed by atoms with Gasteiger partial charge in [-0.1, -0.05) is 141 Å². The highest BCUT2D eigenvalue weighted by Crippen LogP contribution is 2.17. The van der Waals surface area contributed by atoms with Gasteiger partial charge in [0.15, 0.2) is 0 Å². The molecule has 0 aromatic heterocycles. The predicted molar refractivity (Wildman–Crippen MR) is 153 cm³/mol. The van der Waals surface area contributed by atoms with Crippen LogP contribution >= 0.6 is 0 Å². The lowest BCUT2D eigenvalue weighted by molar-refractivity contribution is 0.251. The maximum atomic E-state index is 2.48. The van der Waals surface area contributed by atoms with Crippen molar-refractivity contribution < 1.29 is 0 Å². The molecule has 1 atom stereocenters. The molecule has 0 N–H and O–H groups in total. The van der Waals surface area contributed by atoms with Crippen molar-refractivity contribution in [2.75, 3.05) is 14.1 Å².